The number of halogens is 3. The maximum atomic E-state index is 10.6. The Kier molecular flexibility index (Phi) is 4.17. The van der Waals surface area contributed by atoms with Crippen molar-refractivity contribution in [3.05, 3.63) is 49.4 Å². The molecule has 2 aromatic rings. The second kappa shape index (κ2) is 5.70. The fraction of sp³-hybridized carbons (Fsp3) is 0. The highest BCUT2D eigenvalue weighted by atomic mass is 35.5. The fourth-order valence-corrected chi connectivity index (χ4v) is 1.98. The summed E-state index contributed by atoms with van der Waals surface area (Å²) >= 11 is 17.4. The number of rotatable bonds is 3. The molecule has 0 saturated heterocycles. The van der Waals surface area contributed by atoms with Gasteiger partial charge in [0.15, 0.2) is 0 Å². The van der Waals surface area contributed by atoms with E-state index in [4.69, 9.17) is 45.3 Å². The highest BCUT2D eigenvalue weighted by Gasteiger charge is 2.15. The van der Waals surface area contributed by atoms with E-state index in [9.17, 15) is 10.1 Å². The Morgan fingerprint density at radius 1 is 1.15 bits per heavy atom. The third-order valence-corrected chi connectivity index (χ3v) is 3.13. The Balaban J connectivity index is 2.33. The second-order valence-corrected chi connectivity index (χ2v) is 4.84. The van der Waals surface area contributed by atoms with E-state index in [1.807, 2.05) is 0 Å². The van der Waals surface area contributed by atoms with E-state index in [0.717, 1.165) is 0 Å². The topological polar surface area (TPSA) is 91.3 Å². The summed E-state index contributed by atoms with van der Waals surface area (Å²) < 4.78 is 5.37. The van der Waals surface area contributed by atoms with E-state index < -0.39 is 4.92 Å². The highest BCUT2D eigenvalue weighted by molar-refractivity contribution is 6.36. The van der Waals surface area contributed by atoms with Gasteiger partial charge < -0.3 is 10.5 Å². The number of pyridine rings is 1. The molecule has 2 rings (SSSR count). The van der Waals surface area contributed by atoms with Gasteiger partial charge in [0, 0.05) is 12.1 Å². The van der Waals surface area contributed by atoms with Gasteiger partial charge in [0.1, 0.15) is 21.6 Å². The zero-order valence-electron chi connectivity index (χ0n) is 9.64. The molecule has 1 aromatic heterocycles. The van der Waals surface area contributed by atoms with Gasteiger partial charge in [-0.25, -0.2) is 0 Å². The molecule has 0 atom stereocenters. The van der Waals surface area contributed by atoms with Crippen LogP contribution in [0.5, 0.6) is 11.6 Å². The smallest absolute Gasteiger partial charge is 0.288 e. The molecule has 104 valence electrons. The summed E-state index contributed by atoms with van der Waals surface area (Å²) in [5.74, 6) is 0.314. The molecule has 0 radical (unpaired) electrons. The lowest BCUT2D eigenvalue weighted by atomic mass is 10.3. The minimum atomic E-state index is -0.600. The van der Waals surface area contributed by atoms with Crippen molar-refractivity contribution in [2.45, 2.75) is 0 Å². The van der Waals surface area contributed by atoms with Crippen LogP contribution in [0.1, 0.15) is 0 Å². The summed E-state index contributed by atoms with van der Waals surface area (Å²) in [7, 11) is 0. The Labute approximate surface area is 128 Å². The van der Waals surface area contributed by atoms with Crippen LogP contribution in [-0.2, 0) is 0 Å². The van der Waals surface area contributed by atoms with Crippen molar-refractivity contribution in [2.75, 3.05) is 5.73 Å². The molecule has 9 heteroatoms. The molecule has 0 amide bonds. The minimum Gasteiger partial charge on any atom is -0.437 e. The molecule has 0 saturated carbocycles. The lowest BCUT2D eigenvalue weighted by Gasteiger charge is -2.08. The van der Waals surface area contributed by atoms with Crippen LogP contribution in [0.2, 0.25) is 15.1 Å². The first-order valence-corrected chi connectivity index (χ1v) is 6.25. The van der Waals surface area contributed by atoms with Crippen LogP contribution in [0.3, 0.4) is 0 Å². The number of benzene rings is 1. The summed E-state index contributed by atoms with van der Waals surface area (Å²) in [5.41, 5.74) is 5.31. The van der Waals surface area contributed by atoms with Gasteiger partial charge in [0.25, 0.3) is 5.69 Å². The number of hydrogen-bond donors (Lipinski definition) is 1. The summed E-state index contributed by atoms with van der Waals surface area (Å²) in [4.78, 5) is 13.9. The molecule has 1 heterocycles. The predicted molar refractivity (Wildman–Crippen MR) is 76.8 cm³/mol. The van der Waals surface area contributed by atoms with Gasteiger partial charge >= 0.3 is 0 Å². The number of hydrogen-bond acceptors (Lipinski definition) is 5. The van der Waals surface area contributed by atoms with Crippen LogP contribution < -0.4 is 10.5 Å². The molecule has 0 aliphatic heterocycles. The number of nitrogen functional groups attached to an aromatic ring is 1. The maximum Gasteiger partial charge on any atom is 0.288 e. The van der Waals surface area contributed by atoms with Crippen molar-refractivity contribution < 1.29 is 9.66 Å². The standard InChI is InChI=1S/C11H6Cl3N3O3/c12-6-3-5(1-2-9(6)17(18)19)20-11-8(14)4-7(13)10(15)16-11/h1-4H,(H2,15,16). The summed E-state index contributed by atoms with van der Waals surface area (Å²) in [5, 5.41) is 10.9. The number of nitro benzene ring substituents is 1. The maximum absolute atomic E-state index is 10.6. The average Bonchev–Trinajstić information content (AvgIpc) is 2.35. The van der Waals surface area contributed by atoms with Crippen molar-refractivity contribution in [3.63, 3.8) is 0 Å². The molecule has 0 aliphatic carbocycles. The van der Waals surface area contributed by atoms with Crippen LogP contribution >= 0.6 is 34.8 Å². The first-order valence-electron chi connectivity index (χ1n) is 5.12. The first kappa shape index (κ1) is 14.6. The molecule has 2 N–H and O–H groups in total. The van der Waals surface area contributed by atoms with Crippen molar-refractivity contribution in [1.29, 1.82) is 0 Å². The quantitative estimate of drug-likeness (QED) is 0.666. The van der Waals surface area contributed by atoms with Gasteiger partial charge in [-0.2, -0.15) is 4.98 Å². The van der Waals surface area contributed by atoms with E-state index in [1.165, 1.54) is 24.3 Å². The number of aromatic nitrogens is 1. The number of anilines is 1. The van der Waals surface area contributed by atoms with E-state index in [-0.39, 0.29) is 38.2 Å². The number of nitrogens with two attached hydrogens (primary N) is 1. The molecule has 0 fully saturated rings. The van der Waals surface area contributed by atoms with E-state index in [0.29, 0.717) is 0 Å². The molecular weight excluding hydrogens is 328 g/mol. The Morgan fingerprint density at radius 2 is 1.85 bits per heavy atom. The Hall–Kier alpha value is -1.76. The number of ether oxygens (including phenoxy) is 1. The summed E-state index contributed by atoms with van der Waals surface area (Å²) in [6.45, 7) is 0. The molecule has 0 aliphatic rings. The fourth-order valence-electron chi connectivity index (χ4n) is 1.35. The van der Waals surface area contributed by atoms with Crippen molar-refractivity contribution >= 4 is 46.3 Å². The lowest BCUT2D eigenvalue weighted by Crippen LogP contribution is -1.96. The van der Waals surface area contributed by atoms with Crippen LogP contribution in [-0.4, -0.2) is 9.91 Å². The van der Waals surface area contributed by atoms with Gasteiger partial charge in [0.2, 0.25) is 5.88 Å². The van der Waals surface area contributed by atoms with Crippen molar-refractivity contribution in [1.82, 2.24) is 4.98 Å². The monoisotopic (exact) mass is 333 g/mol. The third-order valence-electron chi connectivity index (χ3n) is 2.25. The largest absolute Gasteiger partial charge is 0.437 e. The van der Waals surface area contributed by atoms with Gasteiger partial charge in [-0.1, -0.05) is 34.8 Å². The van der Waals surface area contributed by atoms with Crippen LogP contribution in [0, 0.1) is 10.1 Å². The molecule has 0 unspecified atom stereocenters. The molecule has 6 nitrogen and oxygen atoms in total. The minimum absolute atomic E-state index is 0.0264. The van der Waals surface area contributed by atoms with E-state index in [2.05, 4.69) is 4.98 Å². The predicted octanol–water partition coefficient (Wildman–Crippen LogP) is 4.32. The zero-order valence-corrected chi connectivity index (χ0v) is 11.9. The zero-order chi connectivity index (χ0) is 14.9. The SMILES string of the molecule is Nc1nc(Oc2ccc([N+](=O)[O-])c(Cl)c2)c(Cl)cc1Cl. The van der Waals surface area contributed by atoms with Crippen LogP contribution in [0.15, 0.2) is 24.3 Å². The molecular formula is C11H6Cl3N3O3. The van der Waals surface area contributed by atoms with Gasteiger partial charge in [-0.05, 0) is 12.1 Å². The van der Waals surface area contributed by atoms with Crippen LogP contribution in [0.4, 0.5) is 11.5 Å². The first-order chi connectivity index (χ1) is 9.38. The normalized spacial score (nSPS) is 10.3. The van der Waals surface area contributed by atoms with Gasteiger partial charge in [0.05, 0.1) is 9.95 Å². The van der Waals surface area contributed by atoms with Crippen molar-refractivity contribution in [3.8, 4) is 11.6 Å². The summed E-state index contributed by atoms with van der Waals surface area (Å²) in [6.07, 6.45) is 0. The van der Waals surface area contributed by atoms with Crippen LogP contribution in [0.25, 0.3) is 0 Å². The molecule has 20 heavy (non-hydrogen) atoms. The Morgan fingerprint density at radius 3 is 2.45 bits per heavy atom. The molecule has 1 aromatic carbocycles. The van der Waals surface area contributed by atoms with E-state index >= 15 is 0 Å². The third kappa shape index (κ3) is 3.04. The summed E-state index contributed by atoms with van der Waals surface area (Å²) in [6, 6.07) is 5.24. The number of nitro groups is 1. The van der Waals surface area contributed by atoms with Gasteiger partial charge in [-0.3, -0.25) is 10.1 Å². The lowest BCUT2D eigenvalue weighted by molar-refractivity contribution is -0.384. The molecule has 0 spiro atoms. The average molecular weight is 335 g/mol. The van der Waals surface area contributed by atoms with Crippen molar-refractivity contribution in [2.24, 2.45) is 0 Å². The van der Waals surface area contributed by atoms with Gasteiger partial charge in [-0.15, -0.1) is 0 Å². The number of nitrogens with zero attached hydrogens (tertiary/aromatic N) is 2. The second-order valence-electron chi connectivity index (χ2n) is 3.61. The Bertz CT molecular complexity index is 694. The molecule has 0 bridgehead atoms. The highest BCUT2D eigenvalue weighted by Crippen LogP contribution is 2.34. The van der Waals surface area contributed by atoms with E-state index in [1.54, 1.807) is 0 Å².